The molecular formula is C35H32Cl2N4O6S2. The maximum Gasteiger partial charge on any atom is 0.255 e. The third kappa shape index (κ3) is 9.88. The van der Waals surface area contributed by atoms with Gasteiger partial charge in [-0.1, -0.05) is 83.9 Å². The molecule has 0 atom stereocenters. The number of furan rings is 1. The molecule has 0 bridgehead atoms. The number of carbonyl (C=O) groups excluding carboxylic acids is 1. The summed E-state index contributed by atoms with van der Waals surface area (Å²) in [5, 5.41) is 4.74. The van der Waals surface area contributed by atoms with Gasteiger partial charge in [-0.25, -0.2) is 22.3 Å². The van der Waals surface area contributed by atoms with E-state index in [-0.39, 0.29) is 35.2 Å². The Kier molecular flexibility index (Phi) is 12.0. The highest BCUT2D eigenvalue weighted by atomic mass is 35.5. The van der Waals surface area contributed by atoms with Crippen LogP contribution in [0.5, 0.6) is 0 Å². The standard InChI is InChI=1S/C35H32Cl2N4O6S2/c36-29-11-17-33(18-12-29)48(43,44)40(22-21-27-7-3-1-4-8-27)26-35(42)39-38-23-31-15-16-32(47-31)25-41(24-28-9-5-2-6-10-28)49(45,46)34-19-13-30(37)14-20-34/h1-20,23H,21-22,24-26H2,(H,39,42)/b38-23-. The molecule has 1 aromatic heterocycles. The largest absolute Gasteiger partial charge is 0.459 e. The molecule has 5 aromatic rings. The second-order valence-electron chi connectivity index (χ2n) is 10.8. The Morgan fingerprint density at radius 1 is 0.673 bits per heavy atom. The molecule has 0 saturated heterocycles. The van der Waals surface area contributed by atoms with Crippen molar-refractivity contribution in [1.29, 1.82) is 0 Å². The van der Waals surface area contributed by atoms with Gasteiger partial charge in [0.05, 0.1) is 29.1 Å². The van der Waals surface area contributed by atoms with E-state index in [9.17, 15) is 21.6 Å². The van der Waals surface area contributed by atoms with Crippen LogP contribution in [-0.2, 0) is 44.4 Å². The van der Waals surface area contributed by atoms with Gasteiger partial charge in [0.25, 0.3) is 5.91 Å². The maximum atomic E-state index is 13.6. The van der Waals surface area contributed by atoms with Gasteiger partial charge in [-0.15, -0.1) is 0 Å². The number of carbonyl (C=O) groups is 1. The summed E-state index contributed by atoms with van der Waals surface area (Å²) < 4.78 is 62.4. The average Bonchev–Trinajstić information content (AvgIpc) is 3.54. The highest BCUT2D eigenvalue weighted by Gasteiger charge is 2.28. The molecule has 14 heteroatoms. The third-order valence-corrected chi connectivity index (χ3v) is 11.5. The Balaban J connectivity index is 1.26. The van der Waals surface area contributed by atoms with Gasteiger partial charge >= 0.3 is 0 Å². The van der Waals surface area contributed by atoms with E-state index in [1.54, 1.807) is 12.1 Å². The van der Waals surface area contributed by atoms with Crippen molar-refractivity contribution in [2.75, 3.05) is 13.1 Å². The molecular weight excluding hydrogens is 707 g/mol. The molecule has 49 heavy (non-hydrogen) atoms. The molecule has 0 aliphatic carbocycles. The van der Waals surface area contributed by atoms with E-state index in [4.69, 9.17) is 27.6 Å². The van der Waals surface area contributed by atoms with Crippen LogP contribution in [-0.4, -0.2) is 50.7 Å². The molecule has 0 fully saturated rings. The lowest BCUT2D eigenvalue weighted by Gasteiger charge is -2.21. The van der Waals surface area contributed by atoms with E-state index in [1.165, 1.54) is 59.1 Å². The van der Waals surface area contributed by atoms with Crippen molar-refractivity contribution >= 4 is 55.4 Å². The molecule has 5 rings (SSSR count). The minimum atomic E-state index is -4.04. The van der Waals surface area contributed by atoms with Crippen LogP contribution in [0, 0.1) is 0 Å². The fourth-order valence-electron chi connectivity index (χ4n) is 4.79. The Labute approximate surface area is 295 Å². The lowest BCUT2D eigenvalue weighted by Crippen LogP contribution is -2.40. The van der Waals surface area contributed by atoms with Gasteiger partial charge in [-0.05, 0) is 78.2 Å². The van der Waals surface area contributed by atoms with Gasteiger partial charge in [0.2, 0.25) is 20.0 Å². The van der Waals surface area contributed by atoms with E-state index in [0.29, 0.717) is 22.2 Å². The van der Waals surface area contributed by atoms with Crippen molar-refractivity contribution in [2.45, 2.75) is 29.3 Å². The number of hydrogen-bond donors (Lipinski definition) is 1. The maximum absolute atomic E-state index is 13.6. The first-order valence-electron chi connectivity index (χ1n) is 15.0. The zero-order chi connectivity index (χ0) is 34.9. The second-order valence-corrected chi connectivity index (χ2v) is 15.6. The van der Waals surface area contributed by atoms with Crippen molar-refractivity contribution < 1.29 is 26.0 Å². The number of rotatable bonds is 15. The Bertz CT molecular complexity index is 2090. The molecule has 0 saturated carbocycles. The Hall–Kier alpha value is -4.30. The molecule has 1 heterocycles. The molecule has 0 unspecified atom stereocenters. The summed E-state index contributed by atoms with van der Waals surface area (Å²) in [6.45, 7) is -0.438. The fraction of sp³-hybridized carbons (Fsp3) is 0.143. The lowest BCUT2D eigenvalue weighted by atomic mass is 10.1. The number of amides is 1. The van der Waals surface area contributed by atoms with Crippen molar-refractivity contribution in [2.24, 2.45) is 5.10 Å². The molecule has 1 N–H and O–H groups in total. The number of halogens is 2. The molecule has 0 radical (unpaired) electrons. The van der Waals surface area contributed by atoms with Crippen LogP contribution in [0.25, 0.3) is 0 Å². The van der Waals surface area contributed by atoms with Crippen LogP contribution in [0.15, 0.2) is 141 Å². The molecule has 0 aliphatic heterocycles. The summed E-state index contributed by atoms with van der Waals surface area (Å²) in [6.07, 6.45) is 1.63. The predicted molar refractivity (Wildman–Crippen MR) is 189 cm³/mol. The van der Waals surface area contributed by atoms with Crippen LogP contribution >= 0.6 is 23.2 Å². The van der Waals surface area contributed by atoms with Gasteiger partial charge in [0, 0.05) is 23.1 Å². The van der Waals surface area contributed by atoms with E-state index in [0.717, 1.165) is 15.4 Å². The quantitative estimate of drug-likeness (QED) is 0.0983. The van der Waals surface area contributed by atoms with Crippen molar-refractivity contribution in [3.05, 3.63) is 154 Å². The van der Waals surface area contributed by atoms with Gasteiger partial charge in [0.1, 0.15) is 11.5 Å². The predicted octanol–water partition coefficient (Wildman–Crippen LogP) is 6.36. The third-order valence-electron chi connectivity index (χ3n) is 7.31. The van der Waals surface area contributed by atoms with Crippen molar-refractivity contribution in [3.63, 3.8) is 0 Å². The summed E-state index contributed by atoms with van der Waals surface area (Å²) in [5.74, 6) is -0.0901. The number of nitrogens with zero attached hydrogens (tertiary/aromatic N) is 3. The number of sulfonamides is 2. The summed E-state index contributed by atoms with van der Waals surface area (Å²) in [5.41, 5.74) is 4.05. The van der Waals surface area contributed by atoms with Crippen LogP contribution < -0.4 is 5.43 Å². The van der Waals surface area contributed by atoms with E-state index in [1.807, 2.05) is 60.7 Å². The number of hydrogen-bond acceptors (Lipinski definition) is 7. The molecule has 1 amide bonds. The first-order chi connectivity index (χ1) is 23.5. The first kappa shape index (κ1) is 36.0. The molecule has 0 aliphatic rings. The monoisotopic (exact) mass is 738 g/mol. The van der Waals surface area contributed by atoms with Crippen LogP contribution in [0.3, 0.4) is 0 Å². The SMILES string of the molecule is O=C(CN(CCc1ccccc1)S(=O)(=O)c1ccc(Cl)cc1)N/N=C\c1ccc(CN(Cc2ccccc2)S(=O)(=O)c2ccc(Cl)cc2)o1. The molecule has 10 nitrogen and oxygen atoms in total. The summed E-state index contributed by atoms with van der Waals surface area (Å²) in [7, 11) is -7.98. The topological polar surface area (TPSA) is 129 Å². The molecule has 4 aromatic carbocycles. The molecule has 254 valence electrons. The minimum absolute atomic E-state index is 0.00348. The minimum Gasteiger partial charge on any atom is -0.459 e. The second kappa shape index (κ2) is 16.4. The molecule has 0 spiro atoms. The lowest BCUT2D eigenvalue weighted by molar-refractivity contribution is -0.121. The van der Waals surface area contributed by atoms with Gasteiger partial charge < -0.3 is 4.42 Å². The van der Waals surface area contributed by atoms with E-state index >= 15 is 0 Å². The van der Waals surface area contributed by atoms with Crippen LogP contribution in [0.1, 0.15) is 22.6 Å². The number of benzene rings is 4. The van der Waals surface area contributed by atoms with E-state index in [2.05, 4.69) is 10.5 Å². The smallest absolute Gasteiger partial charge is 0.255 e. The van der Waals surface area contributed by atoms with Crippen molar-refractivity contribution in [3.8, 4) is 0 Å². The van der Waals surface area contributed by atoms with E-state index < -0.39 is 32.5 Å². The Morgan fingerprint density at radius 2 is 1.20 bits per heavy atom. The van der Waals surface area contributed by atoms with Gasteiger partial charge in [-0.2, -0.15) is 13.7 Å². The average molecular weight is 740 g/mol. The van der Waals surface area contributed by atoms with Crippen LogP contribution in [0.2, 0.25) is 10.0 Å². The Morgan fingerprint density at radius 3 is 1.78 bits per heavy atom. The van der Waals surface area contributed by atoms with Gasteiger partial charge in [-0.3, -0.25) is 4.79 Å². The highest BCUT2D eigenvalue weighted by Crippen LogP contribution is 2.24. The summed E-state index contributed by atoms with van der Waals surface area (Å²) >= 11 is 11.9. The highest BCUT2D eigenvalue weighted by molar-refractivity contribution is 7.89. The zero-order valence-corrected chi connectivity index (χ0v) is 29.2. The van der Waals surface area contributed by atoms with Crippen LogP contribution in [0.4, 0.5) is 0 Å². The summed E-state index contributed by atoms with van der Waals surface area (Å²) in [4.78, 5) is 13.0. The van der Waals surface area contributed by atoms with Crippen molar-refractivity contribution in [1.82, 2.24) is 14.0 Å². The van der Waals surface area contributed by atoms with Gasteiger partial charge in [0.15, 0.2) is 0 Å². The number of nitrogens with one attached hydrogen (secondary N) is 1. The summed E-state index contributed by atoms with van der Waals surface area (Å²) in [6, 6.07) is 33.3. The first-order valence-corrected chi connectivity index (χ1v) is 18.6. The number of hydrazone groups is 1. The fourth-order valence-corrected chi connectivity index (χ4v) is 7.84. The zero-order valence-electron chi connectivity index (χ0n) is 26.0. The normalized spacial score (nSPS) is 12.2.